The van der Waals surface area contributed by atoms with Gasteiger partial charge in [0.15, 0.2) is 17.5 Å². The fraction of sp³-hybridized carbons (Fsp3) is 0.500. The van der Waals surface area contributed by atoms with Crippen LogP contribution in [-0.2, 0) is 13.1 Å². The van der Waals surface area contributed by atoms with Crippen molar-refractivity contribution in [3.05, 3.63) is 35.7 Å². The molecule has 0 aliphatic carbocycles. The van der Waals surface area contributed by atoms with Crippen molar-refractivity contribution in [1.82, 2.24) is 20.3 Å². The average molecular weight is 403 g/mol. The number of hydrogen-bond acceptors (Lipinski definition) is 7. The molecule has 0 radical (unpaired) electrons. The lowest BCUT2D eigenvalue weighted by atomic mass is 10.1. The average Bonchev–Trinajstić information content (AvgIpc) is 3.28. The molecule has 1 aromatic heterocycles. The smallest absolute Gasteiger partial charge is 0.203 e. The Morgan fingerprint density at radius 1 is 1.10 bits per heavy atom. The molecule has 158 valence electrons. The highest BCUT2D eigenvalue weighted by Crippen LogP contribution is 2.38. The van der Waals surface area contributed by atoms with Crippen LogP contribution in [0.5, 0.6) is 17.2 Å². The van der Waals surface area contributed by atoms with E-state index in [1.54, 1.807) is 34.6 Å². The minimum absolute atomic E-state index is 0.592. The summed E-state index contributed by atoms with van der Waals surface area (Å²) in [5, 5.41) is 7.26. The Bertz CT molecular complexity index is 776. The quantitative estimate of drug-likeness (QED) is 0.551. The molecule has 2 heterocycles. The molecule has 0 atom stereocenters. The molecule has 0 spiro atoms. The molecule has 1 saturated heterocycles. The third-order valence-electron chi connectivity index (χ3n) is 4.93. The van der Waals surface area contributed by atoms with Gasteiger partial charge < -0.3 is 29.0 Å². The van der Waals surface area contributed by atoms with E-state index in [9.17, 15) is 0 Å². The van der Waals surface area contributed by atoms with Crippen LogP contribution in [0.25, 0.3) is 0 Å². The van der Waals surface area contributed by atoms with E-state index in [1.807, 2.05) is 18.2 Å². The van der Waals surface area contributed by atoms with Crippen molar-refractivity contribution in [2.45, 2.75) is 13.1 Å². The van der Waals surface area contributed by atoms with Crippen LogP contribution in [0.2, 0.25) is 0 Å². The molecule has 1 aromatic carbocycles. The number of aliphatic imine (C=N–C) groups is 1. The number of nitrogens with one attached hydrogen (secondary N) is 1. The van der Waals surface area contributed by atoms with Crippen molar-refractivity contribution in [2.75, 3.05) is 54.6 Å². The second-order valence-corrected chi connectivity index (χ2v) is 6.69. The number of ether oxygens (including phenoxy) is 3. The zero-order chi connectivity index (χ0) is 20.6. The standard InChI is InChI=1S/C20H29N5O4/c1-21-20(22-13-16-5-10-29-23-16)25-8-6-24(7-9-25)14-15-11-17(26-2)19(28-4)18(12-15)27-3/h5,10-12H,6-9,13-14H2,1-4H3,(H,21,22). The number of piperazine rings is 1. The van der Waals surface area contributed by atoms with Gasteiger partial charge in [0.1, 0.15) is 12.0 Å². The Morgan fingerprint density at radius 2 is 1.79 bits per heavy atom. The number of rotatable bonds is 7. The summed E-state index contributed by atoms with van der Waals surface area (Å²) in [5.41, 5.74) is 1.98. The molecule has 9 nitrogen and oxygen atoms in total. The molecule has 0 unspecified atom stereocenters. The Balaban J connectivity index is 1.56. The fourth-order valence-corrected chi connectivity index (χ4v) is 3.43. The number of methoxy groups -OCH3 is 3. The van der Waals surface area contributed by atoms with Gasteiger partial charge in [-0.05, 0) is 17.7 Å². The fourth-order valence-electron chi connectivity index (χ4n) is 3.43. The molecule has 1 aliphatic heterocycles. The number of nitrogens with zero attached hydrogens (tertiary/aromatic N) is 4. The molecule has 1 N–H and O–H groups in total. The summed E-state index contributed by atoms with van der Waals surface area (Å²) in [6.07, 6.45) is 1.57. The van der Waals surface area contributed by atoms with Gasteiger partial charge in [-0.15, -0.1) is 0 Å². The second-order valence-electron chi connectivity index (χ2n) is 6.69. The summed E-state index contributed by atoms with van der Waals surface area (Å²) < 4.78 is 21.2. The Hall–Kier alpha value is -2.94. The van der Waals surface area contributed by atoms with Crippen LogP contribution in [0.15, 0.2) is 34.0 Å². The Labute approximate surface area is 171 Å². The maximum Gasteiger partial charge on any atom is 0.203 e. The van der Waals surface area contributed by atoms with Crippen LogP contribution >= 0.6 is 0 Å². The van der Waals surface area contributed by atoms with Crippen LogP contribution in [0.1, 0.15) is 11.3 Å². The van der Waals surface area contributed by atoms with Crippen LogP contribution in [0.4, 0.5) is 0 Å². The largest absolute Gasteiger partial charge is 0.493 e. The highest BCUT2D eigenvalue weighted by Gasteiger charge is 2.21. The lowest BCUT2D eigenvalue weighted by Crippen LogP contribution is -2.52. The van der Waals surface area contributed by atoms with E-state index >= 15 is 0 Å². The van der Waals surface area contributed by atoms with Crippen LogP contribution in [-0.4, -0.2) is 75.5 Å². The van der Waals surface area contributed by atoms with Crippen LogP contribution in [0, 0.1) is 0 Å². The van der Waals surface area contributed by atoms with Gasteiger partial charge in [0, 0.05) is 45.8 Å². The molecular formula is C20H29N5O4. The molecular weight excluding hydrogens is 374 g/mol. The maximum absolute atomic E-state index is 5.46. The van der Waals surface area contributed by atoms with E-state index < -0.39 is 0 Å². The molecule has 9 heteroatoms. The first-order chi connectivity index (χ1) is 14.2. The zero-order valence-corrected chi connectivity index (χ0v) is 17.5. The van der Waals surface area contributed by atoms with Gasteiger partial charge in [0.05, 0.1) is 27.9 Å². The molecule has 2 aromatic rings. The van der Waals surface area contributed by atoms with Crippen molar-refractivity contribution in [3.8, 4) is 17.2 Å². The van der Waals surface area contributed by atoms with Crippen molar-refractivity contribution in [1.29, 1.82) is 0 Å². The van der Waals surface area contributed by atoms with Gasteiger partial charge in [0.2, 0.25) is 5.75 Å². The van der Waals surface area contributed by atoms with Gasteiger partial charge in [0.25, 0.3) is 0 Å². The molecule has 3 rings (SSSR count). The minimum atomic E-state index is 0.592. The lowest BCUT2D eigenvalue weighted by Gasteiger charge is -2.36. The molecule has 0 bridgehead atoms. The van der Waals surface area contributed by atoms with Crippen LogP contribution in [0.3, 0.4) is 0 Å². The highest BCUT2D eigenvalue weighted by molar-refractivity contribution is 5.79. The maximum atomic E-state index is 5.46. The first-order valence-corrected chi connectivity index (χ1v) is 9.54. The molecule has 1 fully saturated rings. The predicted octanol–water partition coefficient (Wildman–Crippen LogP) is 1.59. The zero-order valence-electron chi connectivity index (χ0n) is 17.5. The normalized spacial score (nSPS) is 15.3. The van der Waals surface area contributed by atoms with E-state index in [0.717, 1.165) is 49.9 Å². The van der Waals surface area contributed by atoms with Crippen molar-refractivity contribution in [3.63, 3.8) is 0 Å². The van der Waals surface area contributed by atoms with Gasteiger partial charge in [-0.1, -0.05) is 5.16 Å². The van der Waals surface area contributed by atoms with Gasteiger partial charge in [-0.2, -0.15) is 0 Å². The summed E-state index contributed by atoms with van der Waals surface area (Å²) in [6, 6.07) is 5.86. The summed E-state index contributed by atoms with van der Waals surface area (Å²) in [6.45, 7) is 5.05. The van der Waals surface area contributed by atoms with Gasteiger partial charge >= 0.3 is 0 Å². The predicted molar refractivity (Wildman–Crippen MR) is 110 cm³/mol. The van der Waals surface area contributed by atoms with E-state index in [2.05, 4.69) is 25.3 Å². The van der Waals surface area contributed by atoms with E-state index in [0.29, 0.717) is 23.8 Å². The number of guanidine groups is 1. The Morgan fingerprint density at radius 3 is 2.31 bits per heavy atom. The van der Waals surface area contributed by atoms with Crippen molar-refractivity contribution in [2.24, 2.45) is 4.99 Å². The first kappa shape index (κ1) is 20.8. The number of aromatic nitrogens is 1. The summed E-state index contributed by atoms with van der Waals surface area (Å²) in [4.78, 5) is 9.05. The van der Waals surface area contributed by atoms with Gasteiger partial charge in [-0.3, -0.25) is 9.89 Å². The van der Waals surface area contributed by atoms with E-state index in [-0.39, 0.29) is 0 Å². The topological polar surface area (TPSA) is 84.6 Å². The Kier molecular flexibility index (Phi) is 7.18. The molecule has 0 saturated carbocycles. The minimum Gasteiger partial charge on any atom is -0.493 e. The highest BCUT2D eigenvalue weighted by atomic mass is 16.5. The summed E-state index contributed by atoms with van der Waals surface area (Å²) in [7, 11) is 6.69. The molecule has 0 amide bonds. The second kappa shape index (κ2) is 10.0. The summed E-state index contributed by atoms with van der Waals surface area (Å²) >= 11 is 0. The van der Waals surface area contributed by atoms with Crippen molar-refractivity contribution >= 4 is 5.96 Å². The molecule has 29 heavy (non-hydrogen) atoms. The third kappa shape index (κ3) is 5.11. The van der Waals surface area contributed by atoms with Gasteiger partial charge in [-0.25, -0.2) is 0 Å². The third-order valence-corrected chi connectivity index (χ3v) is 4.93. The SMILES string of the molecule is CN=C(NCc1ccon1)N1CCN(Cc2cc(OC)c(OC)c(OC)c2)CC1. The number of hydrogen-bond donors (Lipinski definition) is 1. The lowest BCUT2D eigenvalue weighted by molar-refractivity contribution is 0.172. The van der Waals surface area contributed by atoms with Crippen LogP contribution < -0.4 is 19.5 Å². The van der Waals surface area contributed by atoms with E-state index in [1.165, 1.54) is 0 Å². The first-order valence-electron chi connectivity index (χ1n) is 9.54. The number of benzene rings is 1. The molecule has 1 aliphatic rings. The summed E-state index contributed by atoms with van der Waals surface area (Å²) in [5.74, 6) is 2.85. The van der Waals surface area contributed by atoms with E-state index in [4.69, 9.17) is 18.7 Å². The monoisotopic (exact) mass is 403 g/mol. The van der Waals surface area contributed by atoms with Crippen molar-refractivity contribution < 1.29 is 18.7 Å².